The van der Waals surface area contributed by atoms with Crippen LogP contribution in [-0.4, -0.2) is 11.7 Å². The molecule has 0 unspecified atom stereocenters. The molecule has 1 N–H and O–H groups in total. The van der Waals surface area contributed by atoms with Gasteiger partial charge in [0, 0.05) is 6.61 Å². The van der Waals surface area contributed by atoms with Crippen LogP contribution in [0.3, 0.4) is 0 Å². The van der Waals surface area contributed by atoms with Gasteiger partial charge in [-0.25, -0.2) is 8.78 Å². The lowest BCUT2D eigenvalue weighted by Crippen LogP contribution is -2.66. The molecule has 3 aliphatic carbocycles. The van der Waals surface area contributed by atoms with Crippen LogP contribution in [0.5, 0.6) is 0 Å². The van der Waals surface area contributed by atoms with Crippen molar-refractivity contribution in [1.82, 2.24) is 0 Å². The molecule has 0 atom stereocenters. The maximum Gasteiger partial charge on any atom is 0.159 e. The van der Waals surface area contributed by atoms with Crippen molar-refractivity contribution in [3.8, 4) is 0 Å². The van der Waals surface area contributed by atoms with Gasteiger partial charge in [-0.2, -0.15) is 0 Å². The molecular weight excluding hydrogens is 198 g/mol. The second-order valence-electron chi connectivity index (χ2n) is 5.10. The van der Waals surface area contributed by atoms with Gasteiger partial charge in [0.2, 0.25) is 0 Å². The zero-order chi connectivity index (χ0) is 10.7. The molecule has 0 radical (unpaired) electrons. The Morgan fingerprint density at radius 2 is 1.80 bits per heavy atom. The number of hydrogen-bond acceptors (Lipinski definition) is 1. The standard InChI is InChI=1S/C12H12F2O/c13-9-2-1-8(3-10(9)14)12-4-11(5-12,6-12)7-15/h1-3,15H,4-7H2. The highest BCUT2D eigenvalue weighted by Gasteiger charge is 2.67. The van der Waals surface area contributed by atoms with Gasteiger partial charge in [0.25, 0.3) is 0 Å². The number of hydrogen-bond donors (Lipinski definition) is 1. The summed E-state index contributed by atoms with van der Waals surface area (Å²) in [5.41, 5.74) is 1.03. The molecule has 1 aromatic carbocycles. The molecule has 0 aromatic heterocycles. The van der Waals surface area contributed by atoms with Crippen LogP contribution in [0, 0.1) is 17.0 Å². The highest BCUT2D eigenvalue weighted by molar-refractivity contribution is 5.39. The number of benzene rings is 1. The minimum atomic E-state index is -0.790. The first-order valence-electron chi connectivity index (χ1n) is 5.16. The van der Waals surface area contributed by atoms with E-state index < -0.39 is 11.6 Å². The predicted octanol–water partition coefficient (Wildman–Crippen LogP) is 2.38. The number of aliphatic hydroxyl groups is 1. The average Bonchev–Trinajstić information content (AvgIpc) is 2.07. The van der Waals surface area contributed by atoms with E-state index in [4.69, 9.17) is 5.11 Å². The molecule has 15 heavy (non-hydrogen) atoms. The fraction of sp³-hybridized carbons (Fsp3) is 0.500. The van der Waals surface area contributed by atoms with Crippen molar-refractivity contribution in [3.05, 3.63) is 35.4 Å². The van der Waals surface area contributed by atoms with Crippen molar-refractivity contribution in [1.29, 1.82) is 0 Å². The summed E-state index contributed by atoms with van der Waals surface area (Å²) in [6.07, 6.45) is 2.75. The largest absolute Gasteiger partial charge is 0.396 e. The number of rotatable bonds is 2. The van der Waals surface area contributed by atoms with Crippen molar-refractivity contribution in [2.45, 2.75) is 24.7 Å². The number of aliphatic hydroxyl groups excluding tert-OH is 1. The zero-order valence-corrected chi connectivity index (χ0v) is 8.26. The summed E-state index contributed by atoms with van der Waals surface area (Å²) in [5, 5.41) is 9.11. The first kappa shape index (κ1) is 9.28. The van der Waals surface area contributed by atoms with E-state index >= 15 is 0 Å². The van der Waals surface area contributed by atoms with Crippen molar-refractivity contribution >= 4 is 0 Å². The first-order chi connectivity index (χ1) is 7.09. The van der Waals surface area contributed by atoms with Crippen molar-refractivity contribution < 1.29 is 13.9 Å². The Hall–Kier alpha value is -0.960. The van der Waals surface area contributed by atoms with E-state index in [1.807, 2.05) is 0 Å². The highest BCUT2D eigenvalue weighted by Crippen LogP contribution is 2.73. The third kappa shape index (κ3) is 1.04. The van der Waals surface area contributed by atoms with Crippen LogP contribution in [0.25, 0.3) is 0 Å². The first-order valence-corrected chi connectivity index (χ1v) is 5.16. The van der Waals surface area contributed by atoms with Gasteiger partial charge < -0.3 is 5.11 Å². The Kier molecular flexibility index (Phi) is 1.60. The van der Waals surface area contributed by atoms with Crippen LogP contribution in [0.1, 0.15) is 24.8 Å². The van der Waals surface area contributed by atoms with E-state index in [2.05, 4.69) is 0 Å². The summed E-state index contributed by atoms with van der Waals surface area (Å²) in [4.78, 5) is 0. The van der Waals surface area contributed by atoms with E-state index in [0.717, 1.165) is 24.8 Å². The topological polar surface area (TPSA) is 20.2 Å². The number of halogens is 2. The SMILES string of the molecule is OCC12CC(c3ccc(F)c(F)c3)(C1)C2. The molecule has 3 fully saturated rings. The van der Waals surface area contributed by atoms with Gasteiger partial charge in [-0.15, -0.1) is 0 Å². The van der Waals surface area contributed by atoms with Crippen LogP contribution < -0.4 is 0 Å². The summed E-state index contributed by atoms with van der Waals surface area (Å²) < 4.78 is 25.8. The second-order valence-corrected chi connectivity index (χ2v) is 5.10. The van der Waals surface area contributed by atoms with Gasteiger partial charge in [-0.1, -0.05) is 6.07 Å². The van der Waals surface area contributed by atoms with Gasteiger partial charge >= 0.3 is 0 Å². The Labute approximate surface area is 86.7 Å². The van der Waals surface area contributed by atoms with Crippen LogP contribution in [0.4, 0.5) is 8.78 Å². The Morgan fingerprint density at radius 1 is 1.13 bits per heavy atom. The van der Waals surface area contributed by atoms with E-state index in [1.165, 1.54) is 12.1 Å². The summed E-state index contributed by atoms with van der Waals surface area (Å²) in [7, 11) is 0. The lowest BCUT2D eigenvalue weighted by atomic mass is 9.34. The molecular formula is C12H12F2O. The minimum Gasteiger partial charge on any atom is -0.396 e. The summed E-state index contributed by atoms with van der Waals surface area (Å²) >= 11 is 0. The molecule has 3 aliphatic rings. The van der Waals surface area contributed by atoms with Gasteiger partial charge in [0.1, 0.15) is 0 Å². The molecule has 1 nitrogen and oxygen atoms in total. The van der Waals surface area contributed by atoms with Crippen LogP contribution in [0.2, 0.25) is 0 Å². The van der Waals surface area contributed by atoms with E-state index in [9.17, 15) is 8.78 Å². The second kappa shape index (κ2) is 2.59. The van der Waals surface area contributed by atoms with Gasteiger partial charge in [0.05, 0.1) is 0 Å². The van der Waals surface area contributed by atoms with E-state index in [-0.39, 0.29) is 17.4 Å². The summed E-state index contributed by atoms with van der Waals surface area (Å²) in [5.74, 6) is -1.56. The Bertz CT molecular complexity index is 408. The third-order valence-electron chi connectivity index (χ3n) is 4.01. The van der Waals surface area contributed by atoms with Crippen molar-refractivity contribution in [3.63, 3.8) is 0 Å². The molecule has 0 heterocycles. The predicted molar refractivity (Wildman–Crippen MR) is 51.4 cm³/mol. The molecule has 4 rings (SSSR count). The molecule has 0 aliphatic heterocycles. The van der Waals surface area contributed by atoms with E-state index in [0.29, 0.717) is 0 Å². The maximum absolute atomic E-state index is 13.0. The molecule has 2 bridgehead atoms. The smallest absolute Gasteiger partial charge is 0.159 e. The molecule has 1 aromatic rings. The van der Waals surface area contributed by atoms with Crippen LogP contribution in [-0.2, 0) is 5.41 Å². The monoisotopic (exact) mass is 210 g/mol. The molecule has 0 amide bonds. The molecule has 0 spiro atoms. The summed E-state index contributed by atoms with van der Waals surface area (Å²) in [6.45, 7) is 0.221. The lowest BCUT2D eigenvalue weighted by Gasteiger charge is -2.70. The lowest BCUT2D eigenvalue weighted by molar-refractivity contribution is -0.168. The Morgan fingerprint density at radius 3 is 2.33 bits per heavy atom. The average molecular weight is 210 g/mol. The minimum absolute atomic E-state index is 0.0390. The molecule has 3 saturated carbocycles. The maximum atomic E-state index is 13.0. The van der Waals surface area contributed by atoms with Crippen molar-refractivity contribution in [2.75, 3.05) is 6.61 Å². The van der Waals surface area contributed by atoms with Gasteiger partial charge in [-0.05, 0) is 47.8 Å². The van der Waals surface area contributed by atoms with Gasteiger partial charge in [0.15, 0.2) is 11.6 Å². The molecule has 3 heteroatoms. The normalized spacial score (nSPS) is 37.0. The Balaban J connectivity index is 1.88. The van der Waals surface area contributed by atoms with Crippen LogP contribution in [0.15, 0.2) is 18.2 Å². The molecule has 80 valence electrons. The summed E-state index contributed by atoms with van der Waals surface area (Å²) in [6, 6.07) is 4.16. The molecule has 0 saturated heterocycles. The van der Waals surface area contributed by atoms with E-state index in [1.54, 1.807) is 6.07 Å². The fourth-order valence-electron chi connectivity index (χ4n) is 3.30. The van der Waals surface area contributed by atoms with Gasteiger partial charge in [-0.3, -0.25) is 0 Å². The van der Waals surface area contributed by atoms with Crippen molar-refractivity contribution in [2.24, 2.45) is 5.41 Å². The zero-order valence-electron chi connectivity index (χ0n) is 8.26. The fourth-order valence-corrected chi connectivity index (χ4v) is 3.30. The van der Waals surface area contributed by atoms with Crippen LogP contribution >= 0.6 is 0 Å². The quantitative estimate of drug-likeness (QED) is 0.794. The highest BCUT2D eigenvalue weighted by atomic mass is 19.2. The third-order valence-corrected chi connectivity index (χ3v) is 4.01.